The molecule has 2 rings (SSSR count). The third-order valence-corrected chi connectivity index (χ3v) is 3.96. The zero-order chi connectivity index (χ0) is 10.2. The van der Waals surface area contributed by atoms with Gasteiger partial charge in [-0.15, -0.1) is 0 Å². The Balaban J connectivity index is 1.68. The van der Waals surface area contributed by atoms with Crippen LogP contribution in [0.4, 0.5) is 8.78 Å². The average Bonchev–Trinajstić information content (AvgIpc) is 2.61. The van der Waals surface area contributed by atoms with Gasteiger partial charge < -0.3 is 5.32 Å². The van der Waals surface area contributed by atoms with Gasteiger partial charge in [-0.2, -0.15) is 11.8 Å². The van der Waals surface area contributed by atoms with E-state index in [0.29, 0.717) is 12.5 Å². The highest BCUT2D eigenvalue weighted by Gasteiger charge is 2.61. The van der Waals surface area contributed by atoms with Gasteiger partial charge in [0.2, 0.25) is 5.91 Å². The Morgan fingerprint density at radius 3 is 2.79 bits per heavy atom. The second kappa shape index (κ2) is 3.68. The Bertz CT molecular complexity index is 241. The number of thioether (sulfide) groups is 1. The van der Waals surface area contributed by atoms with Crippen LogP contribution in [0.3, 0.4) is 0 Å². The quantitative estimate of drug-likeness (QED) is 0.782. The topological polar surface area (TPSA) is 29.1 Å². The summed E-state index contributed by atoms with van der Waals surface area (Å²) in [5.41, 5.74) is 0. The fourth-order valence-corrected chi connectivity index (χ4v) is 2.89. The summed E-state index contributed by atoms with van der Waals surface area (Å²) in [5, 5.41) is 2.61. The van der Waals surface area contributed by atoms with Crippen molar-refractivity contribution in [3.63, 3.8) is 0 Å². The van der Waals surface area contributed by atoms with Crippen molar-refractivity contribution in [3.8, 4) is 0 Å². The lowest BCUT2D eigenvalue weighted by Crippen LogP contribution is -2.31. The minimum atomic E-state index is -2.73. The van der Waals surface area contributed by atoms with Crippen molar-refractivity contribution in [1.82, 2.24) is 5.32 Å². The molecule has 1 heterocycles. The first-order valence-corrected chi connectivity index (χ1v) is 5.98. The minimum absolute atomic E-state index is 0.266. The van der Waals surface area contributed by atoms with Crippen molar-refractivity contribution in [3.05, 3.63) is 0 Å². The van der Waals surface area contributed by atoms with Gasteiger partial charge in [0.1, 0.15) is 5.92 Å². The van der Waals surface area contributed by atoms with E-state index in [1.807, 2.05) is 11.8 Å². The molecule has 0 spiro atoms. The molecule has 0 radical (unpaired) electrons. The molecule has 0 bridgehead atoms. The lowest BCUT2D eigenvalue weighted by atomic mass is 10.1. The van der Waals surface area contributed by atoms with Gasteiger partial charge in [-0.05, 0) is 23.8 Å². The Morgan fingerprint density at radius 2 is 2.29 bits per heavy atom. The molecule has 1 amide bonds. The van der Waals surface area contributed by atoms with Crippen LogP contribution in [0.2, 0.25) is 0 Å². The molecule has 0 aromatic rings. The first kappa shape index (κ1) is 10.2. The van der Waals surface area contributed by atoms with Crippen molar-refractivity contribution < 1.29 is 13.6 Å². The molecule has 1 aliphatic heterocycles. The third kappa shape index (κ3) is 2.19. The van der Waals surface area contributed by atoms with E-state index in [1.165, 1.54) is 0 Å². The van der Waals surface area contributed by atoms with Gasteiger partial charge in [0, 0.05) is 13.0 Å². The SMILES string of the molecule is O=C(NCC1CCSC1)C1CC1(F)F. The monoisotopic (exact) mass is 221 g/mol. The lowest BCUT2D eigenvalue weighted by molar-refractivity contribution is -0.124. The first-order chi connectivity index (χ1) is 6.59. The summed E-state index contributed by atoms with van der Waals surface area (Å²) in [6.07, 6.45) is 0.824. The van der Waals surface area contributed by atoms with E-state index in [1.54, 1.807) is 0 Å². The van der Waals surface area contributed by atoms with E-state index in [2.05, 4.69) is 5.32 Å². The molecule has 1 saturated heterocycles. The van der Waals surface area contributed by atoms with Gasteiger partial charge in [0.15, 0.2) is 0 Å². The Kier molecular flexibility index (Phi) is 2.68. The average molecular weight is 221 g/mol. The number of amides is 1. The molecule has 2 fully saturated rings. The largest absolute Gasteiger partial charge is 0.355 e. The highest BCUT2D eigenvalue weighted by atomic mass is 32.2. The van der Waals surface area contributed by atoms with E-state index in [4.69, 9.17) is 0 Å². The maximum Gasteiger partial charge on any atom is 0.260 e. The lowest BCUT2D eigenvalue weighted by Gasteiger charge is -2.09. The molecule has 80 valence electrons. The van der Waals surface area contributed by atoms with E-state index in [9.17, 15) is 13.6 Å². The third-order valence-electron chi connectivity index (χ3n) is 2.73. The van der Waals surface area contributed by atoms with Crippen LogP contribution in [0, 0.1) is 11.8 Å². The van der Waals surface area contributed by atoms with Crippen molar-refractivity contribution in [2.75, 3.05) is 18.1 Å². The van der Waals surface area contributed by atoms with Crippen LogP contribution in [0.25, 0.3) is 0 Å². The van der Waals surface area contributed by atoms with Crippen LogP contribution in [0.1, 0.15) is 12.8 Å². The highest BCUT2D eigenvalue weighted by molar-refractivity contribution is 7.99. The molecule has 1 N–H and O–H groups in total. The summed E-state index contributed by atoms with van der Waals surface area (Å²) < 4.78 is 25.0. The maximum absolute atomic E-state index is 12.5. The zero-order valence-electron chi connectivity index (χ0n) is 7.76. The number of hydrogen-bond acceptors (Lipinski definition) is 2. The molecule has 0 aromatic heterocycles. The zero-order valence-corrected chi connectivity index (χ0v) is 8.58. The standard InChI is InChI=1S/C9H13F2NOS/c10-9(11)3-7(9)8(13)12-4-6-1-2-14-5-6/h6-7H,1-5H2,(H,12,13). The summed E-state index contributed by atoms with van der Waals surface area (Å²) in [7, 11) is 0. The number of carbonyl (C=O) groups is 1. The molecule has 14 heavy (non-hydrogen) atoms. The molecule has 2 aliphatic rings. The van der Waals surface area contributed by atoms with Gasteiger partial charge in [-0.3, -0.25) is 4.79 Å². The number of halogens is 2. The van der Waals surface area contributed by atoms with Crippen LogP contribution in [-0.2, 0) is 4.79 Å². The molecular formula is C9H13F2NOS. The van der Waals surface area contributed by atoms with Gasteiger partial charge in [-0.1, -0.05) is 0 Å². The summed E-state index contributed by atoms with van der Waals surface area (Å²) in [6, 6.07) is 0. The summed E-state index contributed by atoms with van der Waals surface area (Å²) >= 11 is 1.86. The van der Waals surface area contributed by atoms with Crippen LogP contribution in [0.5, 0.6) is 0 Å². The van der Waals surface area contributed by atoms with E-state index in [-0.39, 0.29) is 6.42 Å². The van der Waals surface area contributed by atoms with Crippen LogP contribution in [-0.4, -0.2) is 29.9 Å². The number of alkyl halides is 2. The van der Waals surface area contributed by atoms with Gasteiger partial charge in [0.05, 0.1) is 0 Å². The summed E-state index contributed by atoms with van der Waals surface area (Å²) in [5.74, 6) is -1.59. The predicted molar refractivity (Wildman–Crippen MR) is 51.5 cm³/mol. The van der Waals surface area contributed by atoms with Crippen molar-refractivity contribution in [1.29, 1.82) is 0 Å². The number of rotatable bonds is 3. The summed E-state index contributed by atoms with van der Waals surface area (Å²) in [4.78, 5) is 11.2. The second-order valence-corrected chi connectivity index (χ2v) is 5.14. The molecule has 2 nitrogen and oxygen atoms in total. The van der Waals surface area contributed by atoms with Crippen molar-refractivity contribution >= 4 is 17.7 Å². The molecule has 2 unspecified atom stereocenters. The molecule has 1 saturated carbocycles. The minimum Gasteiger partial charge on any atom is -0.355 e. The van der Waals surface area contributed by atoms with Crippen molar-refractivity contribution in [2.24, 2.45) is 11.8 Å². The van der Waals surface area contributed by atoms with Gasteiger partial charge in [-0.25, -0.2) is 8.78 Å². The normalized spacial score (nSPS) is 34.1. The fourth-order valence-electron chi connectivity index (χ4n) is 1.61. The molecule has 1 aliphatic carbocycles. The van der Waals surface area contributed by atoms with Crippen LogP contribution in [0.15, 0.2) is 0 Å². The van der Waals surface area contributed by atoms with Gasteiger partial charge >= 0.3 is 0 Å². The molecule has 2 atom stereocenters. The smallest absolute Gasteiger partial charge is 0.260 e. The molecule has 0 aromatic carbocycles. The van der Waals surface area contributed by atoms with E-state index < -0.39 is 17.7 Å². The van der Waals surface area contributed by atoms with Gasteiger partial charge in [0.25, 0.3) is 5.92 Å². The van der Waals surface area contributed by atoms with Crippen LogP contribution >= 0.6 is 11.8 Å². The number of hydrogen-bond donors (Lipinski definition) is 1. The van der Waals surface area contributed by atoms with E-state index >= 15 is 0 Å². The second-order valence-electron chi connectivity index (χ2n) is 3.99. The maximum atomic E-state index is 12.5. The Hall–Kier alpha value is -0.320. The van der Waals surface area contributed by atoms with Crippen LogP contribution < -0.4 is 5.32 Å². The fraction of sp³-hybridized carbons (Fsp3) is 0.889. The van der Waals surface area contributed by atoms with Crippen molar-refractivity contribution in [2.45, 2.75) is 18.8 Å². The molecular weight excluding hydrogens is 208 g/mol. The number of nitrogens with one attached hydrogen (secondary N) is 1. The van der Waals surface area contributed by atoms with E-state index in [0.717, 1.165) is 17.9 Å². The highest BCUT2D eigenvalue weighted by Crippen LogP contribution is 2.48. The summed E-state index contributed by atoms with van der Waals surface area (Å²) in [6.45, 7) is 0.568. The predicted octanol–water partition coefficient (Wildman–Crippen LogP) is 1.51. The first-order valence-electron chi connectivity index (χ1n) is 4.83. The number of carbonyl (C=O) groups excluding carboxylic acids is 1. The Labute approximate surface area is 85.8 Å². The molecule has 5 heteroatoms. The Morgan fingerprint density at radius 1 is 1.57 bits per heavy atom.